The van der Waals surface area contributed by atoms with Gasteiger partial charge in [-0.25, -0.2) is 4.68 Å². The number of nitrogens with one attached hydrogen (secondary N) is 1. The first-order valence-electron chi connectivity index (χ1n) is 7.29. The van der Waals surface area contributed by atoms with Gasteiger partial charge < -0.3 is 10.1 Å². The minimum atomic E-state index is -0.460. The maximum absolute atomic E-state index is 12.1. The fraction of sp³-hybridized carbons (Fsp3) is 0.333. The molecular weight excluding hydrogens is 300 g/mol. The van der Waals surface area contributed by atoms with Crippen LogP contribution in [-0.2, 0) is 4.74 Å². The van der Waals surface area contributed by atoms with Crippen LogP contribution in [0, 0.1) is 16.0 Å². The minimum absolute atomic E-state index is 0.0117. The molecule has 0 spiro atoms. The molecule has 1 unspecified atom stereocenters. The lowest BCUT2D eigenvalue weighted by atomic mass is 10.1. The summed E-state index contributed by atoms with van der Waals surface area (Å²) >= 11 is 0. The summed E-state index contributed by atoms with van der Waals surface area (Å²) in [6.45, 7) is 2.02. The van der Waals surface area contributed by atoms with Gasteiger partial charge in [-0.1, -0.05) is 0 Å². The Labute approximate surface area is 132 Å². The monoisotopic (exact) mass is 316 g/mol. The van der Waals surface area contributed by atoms with Crippen molar-refractivity contribution >= 4 is 11.6 Å². The number of benzene rings is 1. The van der Waals surface area contributed by atoms with Crippen LogP contribution < -0.4 is 5.32 Å². The van der Waals surface area contributed by atoms with E-state index in [1.807, 2.05) is 0 Å². The van der Waals surface area contributed by atoms with Gasteiger partial charge in [-0.05, 0) is 18.6 Å². The molecule has 2 heterocycles. The number of carbonyl (C=O) groups excluding carboxylic acids is 1. The maximum atomic E-state index is 12.1. The van der Waals surface area contributed by atoms with Crippen molar-refractivity contribution in [3.63, 3.8) is 0 Å². The summed E-state index contributed by atoms with van der Waals surface area (Å²) < 4.78 is 6.78. The van der Waals surface area contributed by atoms with Crippen molar-refractivity contribution in [1.82, 2.24) is 15.1 Å². The van der Waals surface area contributed by atoms with Gasteiger partial charge in [-0.2, -0.15) is 5.10 Å². The molecule has 0 bridgehead atoms. The zero-order chi connectivity index (χ0) is 16.2. The third-order valence-corrected chi connectivity index (χ3v) is 3.75. The lowest BCUT2D eigenvalue weighted by Gasteiger charge is -2.08. The Morgan fingerprint density at radius 2 is 2.22 bits per heavy atom. The number of amides is 1. The number of non-ortho nitro benzene ring substituents is 1. The van der Waals surface area contributed by atoms with E-state index in [4.69, 9.17) is 4.74 Å². The van der Waals surface area contributed by atoms with Crippen molar-refractivity contribution < 1.29 is 14.5 Å². The van der Waals surface area contributed by atoms with Crippen LogP contribution in [0.2, 0.25) is 0 Å². The first kappa shape index (κ1) is 15.2. The number of nitrogens with zero attached hydrogens (tertiary/aromatic N) is 3. The molecule has 2 aromatic rings. The van der Waals surface area contributed by atoms with E-state index >= 15 is 0 Å². The summed E-state index contributed by atoms with van der Waals surface area (Å²) in [4.78, 5) is 22.3. The molecule has 1 aliphatic heterocycles. The van der Waals surface area contributed by atoms with Crippen LogP contribution >= 0.6 is 0 Å². The highest BCUT2D eigenvalue weighted by atomic mass is 16.6. The molecule has 23 heavy (non-hydrogen) atoms. The molecule has 0 radical (unpaired) electrons. The smallest absolute Gasteiger partial charge is 0.269 e. The van der Waals surface area contributed by atoms with Gasteiger partial charge in [0.2, 0.25) is 0 Å². The summed E-state index contributed by atoms with van der Waals surface area (Å²) in [5.41, 5.74) is 1.11. The molecule has 8 heteroatoms. The van der Waals surface area contributed by atoms with Gasteiger partial charge in [0.1, 0.15) is 0 Å². The fourth-order valence-corrected chi connectivity index (χ4v) is 2.39. The first-order valence-corrected chi connectivity index (χ1v) is 7.29. The Hall–Kier alpha value is -2.74. The average molecular weight is 316 g/mol. The molecule has 1 aliphatic rings. The molecule has 0 aliphatic carbocycles. The lowest BCUT2D eigenvalue weighted by Crippen LogP contribution is -2.29. The van der Waals surface area contributed by atoms with Gasteiger partial charge in [0.05, 0.1) is 29.0 Å². The highest BCUT2D eigenvalue weighted by Crippen LogP contribution is 2.15. The number of nitro benzene ring substituents is 1. The number of carbonyl (C=O) groups is 1. The Bertz CT molecular complexity index is 705. The van der Waals surface area contributed by atoms with Crippen molar-refractivity contribution in [2.75, 3.05) is 19.8 Å². The number of hydrogen-bond acceptors (Lipinski definition) is 5. The molecule has 1 atom stereocenters. The van der Waals surface area contributed by atoms with E-state index in [1.165, 1.54) is 23.0 Å². The van der Waals surface area contributed by atoms with Crippen molar-refractivity contribution in [3.8, 4) is 5.69 Å². The van der Waals surface area contributed by atoms with Crippen LogP contribution in [0.3, 0.4) is 0 Å². The quantitative estimate of drug-likeness (QED) is 0.666. The molecular formula is C15H16N4O4. The molecule has 1 aromatic heterocycles. The molecule has 1 aromatic carbocycles. The van der Waals surface area contributed by atoms with Gasteiger partial charge >= 0.3 is 0 Å². The van der Waals surface area contributed by atoms with E-state index in [1.54, 1.807) is 18.3 Å². The highest BCUT2D eigenvalue weighted by Gasteiger charge is 2.17. The van der Waals surface area contributed by atoms with Crippen LogP contribution in [-0.4, -0.2) is 40.4 Å². The summed E-state index contributed by atoms with van der Waals surface area (Å²) in [6.07, 6.45) is 4.03. The zero-order valence-electron chi connectivity index (χ0n) is 12.3. The van der Waals surface area contributed by atoms with Crippen molar-refractivity contribution in [2.45, 2.75) is 6.42 Å². The average Bonchev–Trinajstić information content (AvgIpc) is 3.24. The number of ether oxygens (including phenoxy) is 1. The number of aromatic nitrogens is 2. The number of nitro groups is 1. The van der Waals surface area contributed by atoms with Crippen LogP contribution in [0.25, 0.3) is 5.69 Å². The minimum Gasteiger partial charge on any atom is -0.381 e. The van der Waals surface area contributed by atoms with E-state index in [0.29, 0.717) is 30.3 Å². The third-order valence-electron chi connectivity index (χ3n) is 3.75. The second-order valence-electron chi connectivity index (χ2n) is 5.39. The second-order valence-corrected chi connectivity index (χ2v) is 5.39. The topological polar surface area (TPSA) is 99.3 Å². The summed E-state index contributed by atoms with van der Waals surface area (Å²) in [7, 11) is 0. The van der Waals surface area contributed by atoms with Gasteiger partial charge in [0, 0.05) is 37.4 Å². The molecule has 1 fully saturated rings. The van der Waals surface area contributed by atoms with Gasteiger partial charge in [0.15, 0.2) is 0 Å². The molecule has 120 valence electrons. The molecule has 1 saturated heterocycles. The molecule has 3 rings (SSSR count). The Balaban J connectivity index is 1.64. The van der Waals surface area contributed by atoms with Crippen LogP contribution in [0.15, 0.2) is 36.7 Å². The van der Waals surface area contributed by atoms with E-state index < -0.39 is 4.92 Å². The van der Waals surface area contributed by atoms with Crippen LogP contribution in [0.1, 0.15) is 16.8 Å². The van der Waals surface area contributed by atoms with E-state index in [9.17, 15) is 14.9 Å². The Morgan fingerprint density at radius 3 is 2.87 bits per heavy atom. The zero-order valence-corrected chi connectivity index (χ0v) is 12.3. The SMILES string of the molecule is O=C(NCC1CCOC1)c1cnn(-c2ccc([N+](=O)[O-])cc2)c1. The summed E-state index contributed by atoms with van der Waals surface area (Å²) in [6, 6.07) is 5.97. The molecule has 0 saturated carbocycles. The van der Waals surface area contributed by atoms with Gasteiger partial charge in [0.25, 0.3) is 11.6 Å². The predicted molar refractivity (Wildman–Crippen MR) is 81.5 cm³/mol. The van der Waals surface area contributed by atoms with Crippen LogP contribution in [0.5, 0.6) is 0 Å². The summed E-state index contributed by atoms with van der Waals surface area (Å²) in [5.74, 6) is 0.175. The second kappa shape index (κ2) is 6.57. The molecule has 1 N–H and O–H groups in total. The molecule has 1 amide bonds. The highest BCUT2D eigenvalue weighted by molar-refractivity contribution is 5.93. The van der Waals surface area contributed by atoms with E-state index in [2.05, 4.69) is 10.4 Å². The van der Waals surface area contributed by atoms with Crippen LogP contribution in [0.4, 0.5) is 5.69 Å². The number of hydrogen-bond donors (Lipinski definition) is 1. The first-order chi connectivity index (χ1) is 11.1. The lowest BCUT2D eigenvalue weighted by molar-refractivity contribution is -0.384. The predicted octanol–water partition coefficient (Wildman–Crippen LogP) is 1.55. The van der Waals surface area contributed by atoms with Crippen molar-refractivity contribution in [2.24, 2.45) is 5.92 Å². The van der Waals surface area contributed by atoms with Gasteiger partial charge in [-0.15, -0.1) is 0 Å². The Kier molecular flexibility index (Phi) is 4.33. The normalized spacial score (nSPS) is 17.1. The van der Waals surface area contributed by atoms with Crippen molar-refractivity contribution in [1.29, 1.82) is 0 Å². The third kappa shape index (κ3) is 3.54. The maximum Gasteiger partial charge on any atom is 0.269 e. The van der Waals surface area contributed by atoms with Gasteiger partial charge in [-0.3, -0.25) is 14.9 Å². The summed E-state index contributed by atoms with van der Waals surface area (Å²) in [5, 5.41) is 17.6. The van der Waals surface area contributed by atoms with E-state index in [-0.39, 0.29) is 11.6 Å². The standard InChI is InChI=1S/C15H16N4O4/c20-15(16-7-11-5-6-23-10-11)12-8-17-18(9-12)13-1-3-14(4-2-13)19(21)22/h1-4,8-9,11H,5-7,10H2,(H,16,20). The van der Waals surface area contributed by atoms with E-state index in [0.717, 1.165) is 13.0 Å². The Morgan fingerprint density at radius 1 is 1.43 bits per heavy atom. The fourth-order valence-electron chi connectivity index (χ4n) is 2.39. The number of rotatable bonds is 5. The van der Waals surface area contributed by atoms with Crippen molar-refractivity contribution in [3.05, 3.63) is 52.3 Å². The molecule has 8 nitrogen and oxygen atoms in total. The largest absolute Gasteiger partial charge is 0.381 e.